The van der Waals surface area contributed by atoms with E-state index < -0.39 is 0 Å². The molecule has 1 atom stereocenters. The highest BCUT2D eigenvalue weighted by atomic mass is 16.2. The molecule has 27 heavy (non-hydrogen) atoms. The Bertz CT molecular complexity index is 686. The molecule has 0 heterocycles. The third kappa shape index (κ3) is 8.18. The molecule has 2 N–H and O–H groups in total. The average Bonchev–Trinajstić information content (AvgIpc) is 2.72. The number of ketones is 1. The van der Waals surface area contributed by atoms with Crippen LogP contribution in [0.3, 0.4) is 0 Å². The summed E-state index contributed by atoms with van der Waals surface area (Å²) >= 11 is 0. The molecule has 0 saturated carbocycles. The largest absolute Gasteiger partial charge is 0.349 e. The van der Waals surface area contributed by atoms with Crippen molar-refractivity contribution in [1.82, 2.24) is 10.6 Å². The maximum Gasteiger partial charge on any atom is 0.220 e. The van der Waals surface area contributed by atoms with Crippen molar-refractivity contribution in [2.75, 3.05) is 19.6 Å². The summed E-state index contributed by atoms with van der Waals surface area (Å²) in [6.45, 7) is 3.79. The van der Waals surface area contributed by atoms with Crippen molar-refractivity contribution in [1.29, 1.82) is 0 Å². The molecule has 4 heteroatoms. The fourth-order valence-corrected chi connectivity index (χ4v) is 3.00. The molecule has 2 rings (SSSR count). The molecule has 2 aromatic carbocycles. The standard InChI is InChI=1S/C23H30N2O2/c1-2-20(21-11-7-4-8-12-21)17-24-16-15-22(26)18-25-23(27)14-13-19-9-5-3-6-10-19/h3-12,20,24H,2,13-18H2,1H3,(H,25,27). The van der Waals surface area contributed by atoms with E-state index in [1.165, 1.54) is 5.56 Å². The van der Waals surface area contributed by atoms with Gasteiger partial charge in [0.05, 0.1) is 6.54 Å². The summed E-state index contributed by atoms with van der Waals surface area (Å²) in [5, 5.41) is 6.09. The molecular formula is C23H30N2O2. The third-order valence-corrected chi connectivity index (χ3v) is 4.70. The number of carbonyl (C=O) groups excluding carboxylic acids is 2. The highest BCUT2D eigenvalue weighted by molar-refractivity contribution is 5.86. The summed E-state index contributed by atoms with van der Waals surface area (Å²) in [6, 6.07) is 20.3. The number of hydrogen-bond donors (Lipinski definition) is 2. The molecular weight excluding hydrogens is 336 g/mol. The molecule has 0 aliphatic carbocycles. The molecule has 1 amide bonds. The second kappa shape index (κ2) is 12.0. The fourth-order valence-electron chi connectivity index (χ4n) is 3.00. The first-order chi connectivity index (χ1) is 13.2. The molecule has 1 unspecified atom stereocenters. The van der Waals surface area contributed by atoms with Crippen LogP contribution in [0.1, 0.15) is 43.2 Å². The molecule has 2 aromatic rings. The van der Waals surface area contributed by atoms with Gasteiger partial charge < -0.3 is 10.6 Å². The second-order valence-corrected chi connectivity index (χ2v) is 6.77. The second-order valence-electron chi connectivity index (χ2n) is 6.77. The van der Waals surface area contributed by atoms with Gasteiger partial charge in [-0.15, -0.1) is 0 Å². The predicted molar refractivity (Wildman–Crippen MR) is 110 cm³/mol. The minimum Gasteiger partial charge on any atom is -0.349 e. The van der Waals surface area contributed by atoms with Crippen LogP contribution in [0.2, 0.25) is 0 Å². The average molecular weight is 367 g/mol. The summed E-state index contributed by atoms with van der Waals surface area (Å²) in [5.41, 5.74) is 2.46. The van der Waals surface area contributed by atoms with Gasteiger partial charge in [-0.2, -0.15) is 0 Å². The van der Waals surface area contributed by atoms with E-state index in [4.69, 9.17) is 0 Å². The zero-order valence-electron chi connectivity index (χ0n) is 16.1. The predicted octanol–water partition coefficient (Wildman–Crippen LogP) is 3.48. The number of benzene rings is 2. The topological polar surface area (TPSA) is 58.2 Å². The van der Waals surface area contributed by atoms with Gasteiger partial charge in [0.1, 0.15) is 0 Å². The number of nitrogens with one attached hydrogen (secondary N) is 2. The Morgan fingerprint density at radius 3 is 2.26 bits per heavy atom. The fraction of sp³-hybridized carbons (Fsp3) is 0.391. The lowest BCUT2D eigenvalue weighted by atomic mass is 9.96. The minimum atomic E-state index is -0.0738. The normalized spacial score (nSPS) is 11.7. The quantitative estimate of drug-likeness (QED) is 0.566. The van der Waals surface area contributed by atoms with Crippen LogP contribution < -0.4 is 10.6 Å². The maximum atomic E-state index is 12.0. The van der Waals surface area contributed by atoms with Gasteiger partial charge in [-0.3, -0.25) is 9.59 Å². The van der Waals surface area contributed by atoms with Crippen LogP contribution >= 0.6 is 0 Å². The van der Waals surface area contributed by atoms with Crippen LogP contribution in [0, 0.1) is 0 Å². The van der Waals surface area contributed by atoms with Crippen molar-refractivity contribution in [3.8, 4) is 0 Å². The summed E-state index contributed by atoms with van der Waals surface area (Å²) in [7, 11) is 0. The van der Waals surface area contributed by atoms with Crippen LogP contribution in [0.15, 0.2) is 60.7 Å². The molecule has 0 bridgehead atoms. The van der Waals surface area contributed by atoms with E-state index in [2.05, 4.69) is 41.8 Å². The number of carbonyl (C=O) groups is 2. The highest BCUT2D eigenvalue weighted by Crippen LogP contribution is 2.17. The van der Waals surface area contributed by atoms with E-state index in [1.807, 2.05) is 36.4 Å². The minimum absolute atomic E-state index is 0.0586. The molecule has 0 radical (unpaired) electrons. The SMILES string of the molecule is CCC(CNCCC(=O)CNC(=O)CCc1ccccc1)c1ccccc1. The smallest absolute Gasteiger partial charge is 0.220 e. The van der Waals surface area contributed by atoms with Gasteiger partial charge >= 0.3 is 0 Å². The Labute approximate surface area is 162 Å². The molecule has 0 aliphatic rings. The van der Waals surface area contributed by atoms with Gasteiger partial charge in [0.2, 0.25) is 5.91 Å². The number of hydrogen-bond acceptors (Lipinski definition) is 3. The van der Waals surface area contributed by atoms with Crippen LogP contribution in [0.25, 0.3) is 0 Å². The summed E-state index contributed by atoms with van der Waals surface area (Å²) in [4.78, 5) is 23.8. The number of amides is 1. The van der Waals surface area contributed by atoms with Gasteiger partial charge in [0, 0.05) is 25.9 Å². The zero-order chi connectivity index (χ0) is 19.3. The molecule has 0 aliphatic heterocycles. The van der Waals surface area contributed by atoms with E-state index in [0.29, 0.717) is 31.7 Å². The van der Waals surface area contributed by atoms with Crippen molar-refractivity contribution < 1.29 is 9.59 Å². The highest BCUT2D eigenvalue weighted by Gasteiger charge is 2.09. The lowest BCUT2D eigenvalue weighted by Gasteiger charge is -2.16. The zero-order valence-corrected chi connectivity index (χ0v) is 16.1. The van der Waals surface area contributed by atoms with Gasteiger partial charge in [-0.25, -0.2) is 0 Å². The first kappa shape index (κ1) is 20.8. The number of aryl methyl sites for hydroxylation is 1. The molecule has 0 saturated heterocycles. The van der Waals surface area contributed by atoms with Crippen LogP contribution in [-0.2, 0) is 16.0 Å². The van der Waals surface area contributed by atoms with E-state index in [1.54, 1.807) is 0 Å². The summed E-state index contributed by atoms with van der Waals surface area (Å²) in [6.07, 6.45) is 2.59. The van der Waals surface area contributed by atoms with Gasteiger partial charge in [-0.05, 0) is 29.9 Å². The number of Topliss-reactive ketones (excluding diaryl/α,β-unsaturated/α-hetero) is 1. The van der Waals surface area contributed by atoms with Crippen molar-refractivity contribution in [3.63, 3.8) is 0 Å². The van der Waals surface area contributed by atoms with Crippen molar-refractivity contribution in [2.24, 2.45) is 0 Å². The van der Waals surface area contributed by atoms with Crippen LogP contribution in [-0.4, -0.2) is 31.3 Å². The Hall–Kier alpha value is -2.46. The van der Waals surface area contributed by atoms with Crippen LogP contribution in [0.4, 0.5) is 0 Å². The van der Waals surface area contributed by atoms with E-state index in [9.17, 15) is 9.59 Å². The van der Waals surface area contributed by atoms with Crippen molar-refractivity contribution in [3.05, 3.63) is 71.8 Å². The van der Waals surface area contributed by atoms with Gasteiger partial charge in [0.15, 0.2) is 5.78 Å². The van der Waals surface area contributed by atoms with E-state index >= 15 is 0 Å². The monoisotopic (exact) mass is 366 g/mol. The lowest BCUT2D eigenvalue weighted by molar-refractivity contribution is -0.125. The summed E-state index contributed by atoms with van der Waals surface area (Å²) < 4.78 is 0. The van der Waals surface area contributed by atoms with E-state index in [0.717, 1.165) is 18.5 Å². The van der Waals surface area contributed by atoms with E-state index in [-0.39, 0.29) is 18.2 Å². The third-order valence-electron chi connectivity index (χ3n) is 4.70. The van der Waals surface area contributed by atoms with Crippen LogP contribution in [0.5, 0.6) is 0 Å². The molecule has 4 nitrogen and oxygen atoms in total. The molecule has 0 aromatic heterocycles. The Kier molecular flexibility index (Phi) is 9.28. The Morgan fingerprint density at radius 1 is 0.926 bits per heavy atom. The first-order valence-electron chi connectivity index (χ1n) is 9.77. The van der Waals surface area contributed by atoms with Gasteiger partial charge in [0.25, 0.3) is 0 Å². The molecule has 0 spiro atoms. The van der Waals surface area contributed by atoms with Crippen molar-refractivity contribution >= 4 is 11.7 Å². The summed E-state index contributed by atoms with van der Waals surface area (Å²) in [5.74, 6) is 0.442. The Balaban J connectivity index is 1.57. The molecule has 0 fully saturated rings. The van der Waals surface area contributed by atoms with Crippen molar-refractivity contribution in [2.45, 2.75) is 38.5 Å². The molecule has 144 valence electrons. The number of rotatable bonds is 12. The maximum absolute atomic E-state index is 12.0. The Morgan fingerprint density at radius 2 is 1.59 bits per heavy atom. The van der Waals surface area contributed by atoms with Gasteiger partial charge in [-0.1, -0.05) is 67.6 Å². The first-order valence-corrected chi connectivity index (χ1v) is 9.77. The lowest BCUT2D eigenvalue weighted by Crippen LogP contribution is -2.31.